The third-order valence-electron chi connectivity index (χ3n) is 2.54. The fourth-order valence-electron chi connectivity index (χ4n) is 2.19. The molecule has 52 valence electrons. The molecule has 0 aromatic carbocycles. The monoisotopic (exact) mass is 127 g/mol. The first-order valence-electron chi connectivity index (χ1n) is 3.59. The summed E-state index contributed by atoms with van der Waals surface area (Å²) in [5, 5.41) is 12.7. The van der Waals surface area contributed by atoms with Crippen LogP contribution < -0.4 is 5.32 Å². The normalized spacial score (nSPS) is 56.7. The Morgan fingerprint density at radius 1 is 1.44 bits per heavy atom. The summed E-state index contributed by atoms with van der Waals surface area (Å²) in [6, 6.07) is 0. The molecule has 0 amide bonds. The van der Waals surface area contributed by atoms with Crippen LogP contribution in [0, 0.1) is 0 Å². The Labute approximate surface area is 55.3 Å². The molecule has 0 aromatic heterocycles. The van der Waals surface area contributed by atoms with Gasteiger partial charge in [-0.25, -0.2) is 0 Å². The molecule has 1 aliphatic heterocycles. The maximum Gasteiger partial charge on any atom is 0.0654 e. The van der Waals surface area contributed by atoms with Crippen molar-refractivity contribution in [2.75, 3.05) is 6.54 Å². The van der Waals surface area contributed by atoms with Crippen LogP contribution in [-0.4, -0.2) is 22.8 Å². The van der Waals surface area contributed by atoms with E-state index in [9.17, 15) is 5.11 Å². The summed E-state index contributed by atoms with van der Waals surface area (Å²) in [6.07, 6.45) is 3.18. The Morgan fingerprint density at radius 3 is 2.11 bits per heavy atom. The van der Waals surface area contributed by atoms with E-state index in [1.54, 1.807) is 0 Å². The van der Waals surface area contributed by atoms with Crippen LogP contribution in [0.15, 0.2) is 0 Å². The molecule has 1 saturated heterocycles. The number of hydrogen-bond acceptors (Lipinski definition) is 2. The highest BCUT2D eigenvalue weighted by atomic mass is 16.3. The van der Waals surface area contributed by atoms with Crippen molar-refractivity contribution >= 4 is 0 Å². The molecule has 0 aromatic rings. The van der Waals surface area contributed by atoms with Gasteiger partial charge in [-0.15, -0.1) is 0 Å². The summed E-state index contributed by atoms with van der Waals surface area (Å²) >= 11 is 0. The second kappa shape index (κ2) is 1.32. The van der Waals surface area contributed by atoms with Gasteiger partial charge >= 0.3 is 0 Å². The average molecular weight is 127 g/mol. The Kier molecular flexibility index (Phi) is 0.837. The molecule has 2 rings (SSSR count). The minimum Gasteiger partial charge on any atom is -0.390 e. The summed E-state index contributed by atoms with van der Waals surface area (Å²) in [5.41, 5.74) is 0.0247. The first kappa shape index (κ1) is 5.69. The van der Waals surface area contributed by atoms with Crippen LogP contribution >= 0.6 is 0 Å². The maximum absolute atomic E-state index is 9.37. The van der Waals surface area contributed by atoms with Gasteiger partial charge in [0.25, 0.3) is 0 Å². The van der Waals surface area contributed by atoms with E-state index >= 15 is 0 Å². The number of hydrogen-bond donors (Lipinski definition) is 2. The summed E-state index contributed by atoms with van der Waals surface area (Å²) in [5.74, 6) is 0. The van der Waals surface area contributed by atoms with Crippen LogP contribution in [0.25, 0.3) is 0 Å². The molecule has 9 heavy (non-hydrogen) atoms. The lowest BCUT2D eigenvalue weighted by molar-refractivity contribution is -0.111. The largest absolute Gasteiger partial charge is 0.390 e. The molecule has 0 bridgehead atoms. The Hall–Kier alpha value is -0.0800. The lowest BCUT2D eigenvalue weighted by atomic mass is 9.61. The van der Waals surface area contributed by atoms with E-state index in [2.05, 4.69) is 5.32 Å². The molecule has 0 atom stereocenters. The van der Waals surface area contributed by atoms with Crippen molar-refractivity contribution in [3.63, 3.8) is 0 Å². The molecule has 0 radical (unpaired) electrons. The molecule has 2 fully saturated rings. The highest BCUT2D eigenvalue weighted by Gasteiger charge is 2.53. The van der Waals surface area contributed by atoms with E-state index < -0.39 is 0 Å². The van der Waals surface area contributed by atoms with Crippen LogP contribution in [0.4, 0.5) is 0 Å². The standard InChI is InChI=1S/C7H13NO/c1-6(9)4-7(5-6)2-3-8-7/h8-9H,2-5H2,1H3/t6-,7+. The van der Waals surface area contributed by atoms with Crippen LogP contribution in [-0.2, 0) is 0 Å². The van der Waals surface area contributed by atoms with Crippen molar-refractivity contribution in [3.05, 3.63) is 0 Å². The summed E-state index contributed by atoms with van der Waals surface area (Å²) in [7, 11) is 0. The fourth-order valence-corrected chi connectivity index (χ4v) is 2.19. The molecule has 1 heterocycles. The Balaban J connectivity index is 1.96. The first-order valence-corrected chi connectivity index (χ1v) is 3.59. The minimum absolute atomic E-state index is 0.354. The van der Waals surface area contributed by atoms with Gasteiger partial charge in [0.1, 0.15) is 0 Å². The molecular formula is C7H13NO. The van der Waals surface area contributed by atoms with E-state index in [1.807, 2.05) is 6.92 Å². The number of nitrogens with one attached hydrogen (secondary N) is 1. The van der Waals surface area contributed by atoms with Gasteiger partial charge in [-0.05, 0) is 32.7 Å². The van der Waals surface area contributed by atoms with Crippen LogP contribution in [0.2, 0.25) is 0 Å². The summed E-state index contributed by atoms with van der Waals surface area (Å²) < 4.78 is 0. The molecule has 2 aliphatic rings. The predicted molar refractivity (Wildman–Crippen MR) is 35.2 cm³/mol. The lowest BCUT2D eigenvalue weighted by Gasteiger charge is -2.58. The SMILES string of the molecule is C[C@]1(O)C[C@]2(CCN2)C1. The van der Waals surface area contributed by atoms with E-state index in [0.29, 0.717) is 5.54 Å². The number of aliphatic hydroxyl groups is 1. The second-order valence-electron chi connectivity index (χ2n) is 3.81. The maximum atomic E-state index is 9.37. The van der Waals surface area contributed by atoms with E-state index in [-0.39, 0.29) is 5.60 Å². The topological polar surface area (TPSA) is 32.3 Å². The van der Waals surface area contributed by atoms with Gasteiger partial charge in [-0.1, -0.05) is 0 Å². The predicted octanol–water partition coefficient (Wildman–Crippen LogP) is 0.263. The van der Waals surface area contributed by atoms with Gasteiger partial charge in [0.2, 0.25) is 0 Å². The Bertz CT molecular complexity index is 128. The van der Waals surface area contributed by atoms with Gasteiger partial charge in [-0.3, -0.25) is 0 Å². The zero-order chi connectivity index (χ0) is 6.54. The zero-order valence-electron chi connectivity index (χ0n) is 5.78. The average Bonchev–Trinajstić information content (AvgIpc) is 1.54. The summed E-state index contributed by atoms with van der Waals surface area (Å²) in [4.78, 5) is 0. The van der Waals surface area contributed by atoms with Crippen molar-refractivity contribution < 1.29 is 5.11 Å². The van der Waals surface area contributed by atoms with Crippen LogP contribution in [0.1, 0.15) is 26.2 Å². The molecule has 0 unspecified atom stereocenters. The molecule has 2 nitrogen and oxygen atoms in total. The van der Waals surface area contributed by atoms with Crippen LogP contribution in [0.5, 0.6) is 0 Å². The van der Waals surface area contributed by atoms with Crippen molar-refractivity contribution in [2.24, 2.45) is 0 Å². The highest BCUT2D eigenvalue weighted by Crippen LogP contribution is 2.46. The van der Waals surface area contributed by atoms with Gasteiger partial charge in [-0.2, -0.15) is 0 Å². The van der Waals surface area contributed by atoms with Gasteiger partial charge in [0, 0.05) is 5.54 Å². The summed E-state index contributed by atoms with van der Waals surface area (Å²) in [6.45, 7) is 3.06. The smallest absolute Gasteiger partial charge is 0.0654 e. The first-order chi connectivity index (χ1) is 4.12. The number of rotatable bonds is 0. The van der Waals surface area contributed by atoms with Crippen molar-refractivity contribution in [3.8, 4) is 0 Å². The fraction of sp³-hybridized carbons (Fsp3) is 1.00. The molecule has 1 aliphatic carbocycles. The lowest BCUT2D eigenvalue weighted by Crippen LogP contribution is -2.70. The van der Waals surface area contributed by atoms with E-state index in [0.717, 1.165) is 19.4 Å². The highest BCUT2D eigenvalue weighted by molar-refractivity contribution is 5.12. The van der Waals surface area contributed by atoms with E-state index in [4.69, 9.17) is 0 Å². The van der Waals surface area contributed by atoms with Crippen molar-refractivity contribution in [2.45, 2.75) is 37.3 Å². The van der Waals surface area contributed by atoms with Crippen molar-refractivity contribution in [1.29, 1.82) is 0 Å². The van der Waals surface area contributed by atoms with Gasteiger partial charge in [0.15, 0.2) is 0 Å². The van der Waals surface area contributed by atoms with Gasteiger partial charge in [0.05, 0.1) is 5.60 Å². The Morgan fingerprint density at radius 2 is 2.00 bits per heavy atom. The minimum atomic E-state index is -0.354. The molecule has 2 heteroatoms. The molecule has 1 spiro atoms. The van der Waals surface area contributed by atoms with E-state index in [1.165, 1.54) is 6.42 Å². The third-order valence-corrected chi connectivity index (χ3v) is 2.54. The molecule has 2 N–H and O–H groups in total. The van der Waals surface area contributed by atoms with Gasteiger partial charge < -0.3 is 10.4 Å². The molecule has 1 saturated carbocycles. The van der Waals surface area contributed by atoms with Crippen LogP contribution in [0.3, 0.4) is 0 Å². The molecular weight excluding hydrogens is 114 g/mol. The van der Waals surface area contributed by atoms with Crippen molar-refractivity contribution in [1.82, 2.24) is 5.32 Å². The zero-order valence-corrected chi connectivity index (χ0v) is 5.78. The second-order valence-corrected chi connectivity index (χ2v) is 3.81. The quantitative estimate of drug-likeness (QED) is 0.489. The third kappa shape index (κ3) is 0.700.